The largest absolute Gasteiger partial charge is 0.330 e. The summed E-state index contributed by atoms with van der Waals surface area (Å²) in [5.74, 6) is 0. The molecule has 0 saturated heterocycles. The predicted molar refractivity (Wildman–Crippen MR) is 67.3 cm³/mol. The third-order valence-electron chi connectivity index (χ3n) is 2.71. The zero-order valence-corrected chi connectivity index (χ0v) is 10.4. The van der Waals surface area contributed by atoms with E-state index in [0.717, 1.165) is 11.4 Å². The number of H-pyrrole nitrogens is 1. The summed E-state index contributed by atoms with van der Waals surface area (Å²) in [4.78, 5) is 16.3. The molecule has 0 aliphatic heterocycles. The summed E-state index contributed by atoms with van der Waals surface area (Å²) in [6.45, 7) is 6.76. The Morgan fingerprint density at radius 1 is 1.41 bits per heavy atom. The van der Waals surface area contributed by atoms with Gasteiger partial charge >= 0.3 is 0 Å². The van der Waals surface area contributed by atoms with Crippen LogP contribution in [0.3, 0.4) is 0 Å². The van der Waals surface area contributed by atoms with Crippen LogP contribution in [0.4, 0.5) is 0 Å². The van der Waals surface area contributed by atoms with Gasteiger partial charge in [-0.2, -0.15) is 0 Å². The number of rotatable bonds is 2. The van der Waals surface area contributed by atoms with Crippen molar-refractivity contribution in [2.75, 3.05) is 6.54 Å². The van der Waals surface area contributed by atoms with E-state index in [1.807, 2.05) is 6.07 Å². The van der Waals surface area contributed by atoms with Crippen molar-refractivity contribution in [3.63, 3.8) is 0 Å². The van der Waals surface area contributed by atoms with Crippen LogP contribution in [0.25, 0.3) is 5.65 Å². The molecule has 0 radical (unpaired) electrons. The summed E-state index contributed by atoms with van der Waals surface area (Å²) in [5, 5.41) is 3.08. The molecule has 0 fully saturated rings. The Morgan fingerprint density at radius 2 is 2.12 bits per heavy atom. The zero-order chi connectivity index (χ0) is 12.6. The summed E-state index contributed by atoms with van der Waals surface area (Å²) in [7, 11) is 0. The van der Waals surface area contributed by atoms with Crippen LogP contribution in [-0.4, -0.2) is 21.1 Å². The minimum atomic E-state index is -0.0889. The maximum absolute atomic E-state index is 11.9. The maximum Gasteiger partial charge on any atom is 0.272 e. The van der Waals surface area contributed by atoms with Crippen LogP contribution in [-0.2, 0) is 11.8 Å². The number of nitrogens with zero attached hydrogens (tertiary/aromatic N) is 2. The van der Waals surface area contributed by atoms with Crippen molar-refractivity contribution < 1.29 is 0 Å². The first-order valence-electron chi connectivity index (χ1n) is 5.74. The Kier molecular flexibility index (Phi) is 2.79. The van der Waals surface area contributed by atoms with Crippen LogP contribution in [0.1, 0.15) is 32.2 Å². The molecule has 0 saturated carbocycles. The summed E-state index contributed by atoms with van der Waals surface area (Å²) in [5.41, 5.74) is 7.75. The van der Waals surface area contributed by atoms with Gasteiger partial charge in [-0.25, -0.2) is 9.50 Å². The van der Waals surface area contributed by atoms with Gasteiger partial charge < -0.3 is 5.73 Å². The molecule has 92 valence electrons. The second kappa shape index (κ2) is 4.00. The highest BCUT2D eigenvalue weighted by molar-refractivity contribution is 5.41. The van der Waals surface area contributed by atoms with Crippen molar-refractivity contribution >= 4 is 5.65 Å². The highest BCUT2D eigenvalue weighted by atomic mass is 16.1. The number of hydrogen-bond acceptors (Lipinski definition) is 3. The zero-order valence-electron chi connectivity index (χ0n) is 10.4. The molecular weight excluding hydrogens is 216 g/mol. The van der Waals surface area contributed by atoms with E-state index in [4.69, 9.17) is 5.73 Å². The molecule has 5 heteroatoms. The van der Waals surface area contributed by atoms with E-state index >= 15 is 0 Å². The summed E-state index contributed by atoms with van der Waals surface area (Å²) >= 11 is 0. The standard InChI is InChI=1S/C12H18N4O/c1-12(2,3)9-7-10-14-8(4-5-13)6-11(17)16(10)15-9/h6-7,15H,4-5,13H2,1-3H3. The number of nitrogens with two attached hydrogens (primary N) is 1. The van der Waals surface area contributed by atoms with Crippen LogP contribution < -0.4 is 11.3 Å². The highest BCUT2D eigenvalue weighted by Gasteiger charge is 2.17. The Labute approximate surface area is 99.6 Å². The number of hydrogen-bond donors (Lipinski definition) is 2. The van der Waals surface area contributed by atoms with Gasteiger partial charge in [-0.15, -0.1) is 0 Å². The lowest BCUT2D eigenvalue weighted by atomic mass is 9.93. The summed E-state index contributed by atoms with van der Waals surface area (Å²) < 4.78 is 1.47. The molecule has 2 aromatic rings. The van der Waals surface area contributed by atoms with Crippen molar-refractivity contribution in [2.45, 2.75) is 32.6 Å². The molecule has 0 atom stereocenters. The topological polar surface area (TPSA) is 76.2 Å². The second-order valence-corrected chi connectivity index (χ2v) is 5.24. The van der Waals surface area contributed by atoms with E-state index in [2.05, 4.69) is 30.9 Å². The minimum absolute atomic E-state index is 0.0336. The van der Waals surface area contributed by atoms with Crippen molar-refractivity contribution in [3.05, 3.63) is 33.9 Å². The van der Waals surface area contributed by atoms with E-state index < -0.39 is 0 Å². The van der Waals surface area contributed by atoms with Crippen molar-refractivity contribution in [1.82, 2.24) is 14.6 Å². The van der Waals surface area contributed by atoms with Crippen LogP contribution in [0.2, 0.25) is 0 Å². The highest BCUT2D eigenvalue weighted by Crippen LogP contribution is 2.20. The Hall–Kier alpha value is -1.62. The van der Waals surface area contributed by atoms with Gasteiger partial charge in [0.05, 0.1) is 0 Å². The lowest BCUT2D eigenvalue weighted by Gasteiger charge is -2.14. The van der Waals surface area contributed by atoms with Gasteiger partial charge in [0.15, 0.2) is 5.65 Å². The monoisotopic (exact) mass is 234 g/mol. The average molecular weight is 234 g/mol. The van der Waals surface area contributed by atoms with Crippen LogP contribution in [0.15, 0.2) is 16.9 Å². The van der Waals surface area contributed by atoms with Crippen LogP contribution in [0, 0.1) is 0 Å². The smallest absolute Gasteiger partial charge is 0.272 e. The van der Waals surface area contributed by atoms with Gasteiger partial charge in [-0.05, 0) is 6.54 Å². The molecule has 17 heavy (non-hydrogen) atoms. The first-order chi connectivity index (χ1) is 7.91. The van der Waals surface area contributed by atoms with Gasteiger partial charge in [-0.1, -0.05) is 20.8 Å². The lowest BCUT2D eigenvalue weighted by molar-refractivity contribution is 0.561. The molecule has 2 heterocycles. The van der Waals surface area contributed by atoms with Crippen molar-refractivity contribution in [1.29, 1.82) is 0 Å². The molecule has 0 amide bonds. The van der Waals surface area contributed by atoms with E-state index in [1.54, 1.807) is 0 Å². The van der Waals surface area contributed by atoms with Gasteiger partial charge in [0.25, 0.3) is 5.56 Å². The van der Waals surface area contributed by atoms with Gasteiger partial charge in [0.1, 0.15) is 0 Å². The van der Waals surface area contributed by atoms with E-state index in [-0.39, 0.29) is 11.0 Å². The Bertz CT molecular complexity index is 589. The quantitative estimate of drug-likeness (QED) is 0.807. The fourth-order valence-corrected chi connectivity index (χ4v) is 1.70. The Morgan fingerprint density at radius 3 is 2.71 bits per heavy atom. The predicted octanol–water partition coefficient (Wildman–Crippen LogP) is 0.821. The summed E-state index contributed by atoms with van der Waals surface area (Å²) in [6.07, 6.45) is 0.627. The number of nitrogens with one attached hydrogen (secondary N) is 1. The molecule has 0 aliphatic rings. The summed E-state index contributed by atoms with van der Waals surface area (Å²) in [6, 6.07) is 3.45. The average Bonchev–Trinajstić information content (AvgIpc) is 2.61. The third-order valence-corrected chi connectivity index (χ3v) is 2.71. The van der Waals surface area contributed by atoms with Crippen molar-refractivity contribution in [3.8, 4) is 0 Å². The van der Waals surface area contributed by atoms with Gasteiger partial charge in [0.2, 0.25) is 0 Å². The third kappa shape index (κ3) is 2.24. The van der Waals surface area contributed by atoms with Crippen LogP contribution in [0.5, 0.6) is 0 Å². The van der Waals surface area contributed by atoms with Crippen LogP contribution >= 0.6 is 0 Å². The molecular formula is C12H18N4O. The minimum Gasteiger partial charge on any atom is -0.330 e. The molecule has 0 aliphatic carbocycles. The first-order valence-corrected chi connectivity index (χ1v) is 5.74. The molecule has 3 N–H and O–H groups in total. The van der Waals surface area contributed by atoms with Gasteiger partial charge in [-0.3, -0.25) is 9.89 Å². The molecule has 0 spiro atoms. The number of aromatic nitrogens is 3. The number of fused-ring (bicyclic) bond motifs is 1. The molecule has 0 unspecified atom stereocenters. The molecule has 5 nitrogen and oxygen atoms in total. The normalized spacial score (nSPS) is 12.2. The fourth-order valence-electron chi connectivity index (χ4n) is 1.70. The number of aromatic amines is 1. The molecule has 2 rings (SSSR count). The maximum atomic E-state index is 11.9. The van der Waals surface area contributed by atoms with Gasteiger partial charge in [0, 0.05) is 35.4 Å². The second-order valence-electron chi connectivity index (χ2n) is 5.24. The van der Waals surface area contributed by atoms with E-state index in [9.17, 15) is 4.79 Å². The van der Waals surface area contributed by atoms with E-state index in [1.165, 1.54) is 10.6 Å². The lowest BCUT2D eigenvalue weighted by Crippen LogP contribution is -2.18. The SMILES string of the molecule is CC(C)(C)c1cc2nc(CCN)cc(=O)n2[nH]1. The molecule has 0 aromatic carbocycles. The first kappa shape index (κ1) is 11.9. The Balaban J connectivity index is 2.61. The van der Waals surface area contributed by atoms with Crippen molar-refractivity contribution in [2.24, 2.45) is 5.73 Å². The molecule has 0 bridgehead atoms. The fraction of sp³-hybridized carbons (Fsp3) is 0.500. The van der Waals surface area contributed by atoms with E-state index in [0.29, 0.717) is 18.6 Å². The molecule has 2 aromatic heterocycles.